The number of rotatable bonds is 5. The van der Waals surface area contributed by atoms with Gasteiger partial charge in [-0.05, 0) is 86.0 Å². The van der Waals surface area contributed by atoms with Crippen molar-refractivity contribution in [2.24, 2.45) is 23.2 Å². The molecule has 6 nitrogen and oxygen atoms in total. The van der Waals surface area contributed by atoms with Gasteiger partial charge in [0.25, 0.3) is 0 Å². The average Bonchev–Trinajstić information content (AvgIpc) is 2.53. The molecule has 0 amide bonds. The fourth-order valence-corrected chi connectivity index (χ4v) is 6.03. The highest BCUT2D eigenvalue weighted by atomic mass is 16.6. The molecule has 0 heterocycles. The van der Waals surface area contributed by atoms with E-state index in [4.69, 9.17) is 0 Å². The molecule has 0 atom stereocenters. The van der Waals surface area contributed by atoms with E-state index in [9.17, 15) is 25.1 Å². The molecule has 1 aromatic carbocycles. The number of nitro groups is 1. The van der Waals surface area contributed by atoms with E-state index in [0.29, 0.717) is 6.42 Å². The first-order valence-corrected chi connectivity index (χ1v) is 9.25. The van der Waals surface area contributed by atoms with Crippen LogP contribution in [0.2, 0.25) is 0 Å². The van der Waals surface area contributed by atoms with Crippen LogP contribution < -0.4 is 0 Å². The molecule has 138 valence electrons. The van der Waals surface area contributed by atoms with Gasteiger partial charge in [-0.15, -0.1) is 0 Å². The highest BCUT2D eigenvalue weighted by Crippen LogP contribution is 2.61. The molecule has 4 fully saturated rings. The number of benzene rings is 1. The number of phenols is 2. The number of phenolic OH excluding ortho intramolecular Hbond substituents is 2. The molecular weight excluding hydrogens is 334 g/mol. The van der Waals surface area contributed by atoms with Crippen molar-refractivity contribution in [3.63, 3.8) is 0 Å². The van der Waals surface area contributed by atoms with Crippen LogP contribution in [0.3, 0.4) is 0 Å². The van der Waals surface area contributed by atoms with E-state index in [1.165, 1.54) is 43.5 Å². The lowest BCUT2D eigenvalue weighted by Gasteiger charge is -2.56. The van der Waals surface area contributed by atoms with Crippen LogP contribution in [-0.4, -0.2) is 20.9 Å². The minimum absolute atomic E-state index is 0.0196. The lowest BCUT2D eigenvalue weighted by atomic mass is 9.48. The van der Waals surface area contributed by atoms with Crippen LogP contribution in [0.4, 0.5) is 5.69 Å². The summed E-state index contributed by atoms with van der Waals surface area (Å²) in [5, 5.41) is 30.3. The van der Waals surface area contributed by atoms with Crippen LogP contribution in [0.5, 0.6) is 11.5 Å². The average molecular weight is 357 g/mol. The third-order valence-corrected chi connectivity index (χ3v) is 6.51. The molecule has 2 N–H and O–H groups in total. The maximum absolute atomic E-state index is 12.6. The molecule has 1 aromatic rings. The molecule has 26 heavy (non-hydrogen) atoms. The largest absolute Gasteiger partial charge is 0.504 e. The molecule has 4 saturated carbocycles. The molecule has 6 heteroatoms. The molecule has 4 bridgehead atoms. The summed E-state index contributed by atoms with van der Waals surface area (Å²) >= 11 is 0. The number of ketones is 1. The van der Waals surface area contributed by atoms with Crippen molar-refractivity contribution < 1.29 is 19.9 Å². The lowest BCUT2D eigenvalue weighted by molar-refractivity contribution is -0.386. The van der Waals surface area contributed by atoms with Gasteiger partial charge in [0.05, 0.1) is 10.5 Å². The predicted molar refractivity (Wildman–Crippen MR) is 95.7 cm³/mol. The third kappa shape index (κ3) is 2.97. The lowest BCUT2D eigenvalue weighted by Crippen LogP contribution is -2.46. The normalized spacial score (nSPS) is 32.2. The number of hydrogen-bond donors (Lipinski definition) is 2. The fraction of sp³-hybridized carbons (Fsp3) is 0.550. The van der Waals surface area contributed by atoms with Gasteiger partial charge in [0.2, 0.25) is 5.75 Å². The smallest absolute Gasteiger partial charge is 0.321 e. The molecule has 4 aliphatic carbocycles. The molecule has 0 spiro atoms. The first-order chi connectivity index (χ1) is 12.3. The summed E-state index contributed by atoms with van der Waals surface area (Å²) in [4.78, 5) is 23.0. The first kappa shape index (κ1) is 17.1. The summed E-state index contributed by atoms with van der Waals surface area (Å²) in [6.45, 7) is 0. The summed E-state index contributed by atoms with van der Waals surface area (Å²) < 4.78 is 0. The minimum atomic E-state index is -0.773. The van der Waals surface area contributed by atoms with E-state index >= 15 is 0 Å². The van der Waals surface area contributed by atoms with Gasteiger partial charge in [0, 0.05) is 6.42 Å². The van der Waals surface area contributed by atoms with Gasteiger partial charge in [0.1, 0.15) is 0 Å². The van der Waals surface area contributed by atoms with Crippen molar-refractivity contribution in [1.82, 2.24) is 0 Å². The monoisotopic (exact) mass is 357 g/mol. The van der Waals surface area contributed by atoms with E-state index < -0.39 is 22.1 Å². The Balaban J connectivity index is 1.51. The highest BCUT2D eigenvalue weighted by molar-refractivity contribution is 5.94. The molecular formula is C20H23NO5. The van der Waals surface area contributed by atoms with Gasteiger partial charge < -0.3 is 10.2 Å². The van der Waals surface area contributed by atoms with E-state index in [1.807, 2.05) is 0 Å². The second-order valence-corrected chi connectivity index (χ2v) is 8.52. The van der Waals surface area contributed by atoms with Crippen molar-refractivity contribution >= 4 is 17.5 Å². The van der Waals surface area contributed by atoms with Crippen molar-refractivity contribution in [1.29, 1.82) is 0 Å². The second-order valence-electron chi connectivity index (χ2n) is 8.52. The van der Waals surface area contributed by atoms with Gasteiger partial charge in [-0.25, -0.2) is 0 Å². The van der Waals surface area contributed by atoms with E-state index in [-0.39, 0.29) is 16.8 Å². The number of carbonyl (C=O) groups excluding carboxylic acids is 1. The Bertz CT molecular complexity index is 762. The van der Waals surface area contributed by atoms with Gasteiger partial charge in [-0.3, -0.25) is 14.9 Å². The highest BCUT2D eigenvalue weighted by Gasteiger charge is 2.51. The van der Waals surface area contributed by atoms with Crippen molar-refractivity contribution in [2.75, 3.05) is 0 Å². The molecule has 5 rings (SSSR count). The molecule has 0 aliphatic heterocycles. The summed E-state index contributed by atoms with van der Waals surface area (Å²) in [5.41, 5.74) is -0.341. The maximum atomic E-state index is 12.6. The summed E-state index contributed by atoms with van der Waals surface area (Å²) in [7, 11) is 0. The Hall–Kier alpha value is -2.37. The molecule has 4 aliphatic rings. The van der Waals surface area contributed by atoms with Crippen LogP contribution in [0, 0.1) is 33.3 Å². The first-order valence-electron chi connectivity index (χ1n) is 9.25. The standard InChI is InChI=1S/C20H23NO5/c22-16(3-1-15-2-4-17(23)19(24)18(15)21(25)26)11-20-8-12-5-13(9-20)7-14(6-12)10-20/h1-4,12-14,23-24H,5-11H2/b3-1+. The molecule has 0 saturated heterocycles. The van der Waals surface area contributed by atoms with Crippen molar-refractivity contribution in [2.45, 2.75) is 44.9 Å². The zero-order valence-electron chi connectivity index (χ0n) is 14.6. The van der Waals surface area contributed by atoms with Crippen LogP contribution >= 0.6 is 0 Å². The summed E-state index contributed by atoms with van der Waals surface area (Å²) in [5.74, 6) is 0.975. The van der Waals surface area contributed by atoms with Gasteiger partial charge in [0.15, 0.2) is 11.5 Å². The zero-order chi connectivity index (χ0) is 18.5. The predicted octanol–water partition coefficient (Wildman–Crippen LogP) is 4.19. The Kier molecular flexibility index (Phi) is 4.01. The third-order valence-electron chi connectivity index (χ3n) is 6.51. The van der Waals surface area contributed by atoms with E-state index in [0.717, 1.165) is 37.0 Å². The van der Waals surface area contributed by atoms with Gasteiger partial charge in [-0.1, -0.05) is 0 Å². The van der Waals surface area contributed by atoms with Crippen LogP contribution in [-0.2, 0) is 4.79 Å². The van der Waals surface area contributed by atoms with Crippen LogP contribution in [0.25, 0.3) is 6.08 Å². The van der Waals surface area contributed by atoms with Crippen molar-refractivity contribution in [3.05, 3.63) is 33.9 Å². The Morgan fingerprint density at radius 1 is 1.15 bits per heavy atom. The van der Waals surface area contributed by atoms with E-state index in [2.05, 4.69) is 0 Å². The number of nitrogens with zero attached hydrogens (tertiary/aromatic N) is 1. The maximum Gasteiger partial charge on any atom is 0.321 e. The van der Waals surface area contributed by atoms with Crippen molar-refractivity contribution in [3.8, 4) is 11.5 Å². The Labute approximate surface area is 151 Å². The molecule has 0 aromatic heterocycles. The fourth-order valence-electron chi connectivity index (χ4n) is 6.03. The topological polar surface area (TPSA) is 101 Å². The van der Waals surface area contributed by atoms with Gasteiger partial charge in [-0.2, -0.15) is 0 Å². The van der Waals surface area contributed by atoms with Crippen LogP contribution in [0.1, 0.15) is 50.5 Å². The minimum Gasteiger partial charge on any atom is -0.504 e. The number of carbonyl (C=O) groups is 1. The van der Waals surface area contributed by atoms with Gasteiger partial charge >= 0.3 is 5.69 Å². The number of aromatic hydroxyl groups is 2. The second kappa shape index (κ2) is 6.11. The van der Waals surface area contributed by atoms with E-state index in [1.54, 1.807) is 0 Å². The van der Waals surface area contributed by atoms with Crippen LogP contribution in [0.15, 0.2) is 18.2 Å². The Morgan fingerprint density at radius 3 is 2.27 bits per heavy atom. The molecule has 0 radical (unpaired) electrons. The molecule has 0 unspecified atom stereocenters. The zero-order valence-corrected chi connectivity index (χ0v) is 14.6. The number of nitro benzene ring substituents is 1. The Morgan fingerprint density at radius 2 is 1.73 bits per heavy atom. The number of hydrogen-bond acceptors (Lipinski definition) is 5. The summed E-state index contributed by atoms with van der Waals surface area (Å²) in [6, 6.07) is 2.52. The quantitative estimate of drug-likeness (QED) is 0.356. The SMILES string of the molecule is O=C(/C=C/c1ccc(O)c(O)c1[N+](=O)[O-])CC12CC3CC(CC(C3)C1)C2. The summed E-state index contributed by atoms with van der Waals surface area (Å²) in [6.07, 6.45) is 10.6. The number of allylic oxidation sites excluding steroid dienone is 1.